The molecule has 2 heterocycles. The predicted octanol–water partition coefficient (Wildman–Crippen LogP) is 6.05. The second kappa shape index (κ2) is 9.79. The largest absolute Gasteiger partial charge is 0.368 e. The quantitative estimate of drug-likeness (QED) is 0.241. The van der Waals surface area contributed by atoms with Gasteiger partial charge in [0, 0.05) is 30.2 Å². The van der Waals surface area contributed by atoms with Crippen molar-refractivity contribution >= 4 is 28.5 Å². The van der Waals surface area contributed by atoms with E-state index in [1.165, 1.54) is 22.9 Å². The highest BCUT2D eigenvalue weighted by Gasteiger charge is 2.16. The van der Waals surface area contributed by atoms with E-state index in [1.54, 1.807) is 12.4 Å². The summed E-state index contributed by atoms with van der Waals surface area (Å²) in [4.78, 5) is 18.4. The van der Waals surface area contributed by atoms with E-state index < -0.39 is 0 Å². The number of hydrogen-bond donors (Lipinski definition) is 1. The highest BCUT2D eigenvalue weighted by molar-refractivity contribution is 7.98. The number of aromatic nitrogens is 4. The lowest BCUT2D eigenvalue weighted by Crippen LogP contribution is -2.15. The van der Waals surface area contributed by atoms with Gasteiger partial charge in [0.15, 0.2) is 11.0 Å². The van der Waals surface area contributed by atoms with Crippen molar-refractivity contribution in [3.63, 3.8) is 0 Å². The van der Waals surface area contributed by atoms with Crippen molar-refractivity contribution in [2.75, 3.05) is 18.1 Å². The van der Waals surface area contributed by atoms with Gasteiger partial charge in [-0.15, -0.1) is 0 Å². The molecule has 0 saturated carbocycles. The maximum Gasteiger partial charge on any atom is 0.187 e. The average molecular weight is 450 g/mol. The number of rotatable bonds is 7. The van der Waals surface area contributed by atoms with E-state index in [2.05, 4.69) is 69.9 Å². The van der Waals surface area contributed by atoms with Crippen LogP contribution in [-0.4, -0.2) is 32.7 Å². The van der Waals surface area contributed by atoms with Gasteiger partial charge in [-0.05, 0) is 29.5 Å². The Labute approximate surface area is 197 Å². The SMILES string of the molecule is CSc1ncc(-c2nc(NCC(c3ccccc3)c3ccccc3)c3ccccc3n2)cn1. The highest BCUT2D eigenvalue weighted by atomic mass is 32.2. The van der Waals surface area contributed by atoms with Crippen LogP contribution in [0, 0.1) is 0 Å². The Morgan fingerprint density at radius 3 is 2.00 bits per heavy atom. The molecular formula is C27H23N5S. The van der Waals surface area contributed by atoms with Gasteiger partial charge in [-0.3, -0.25) is 0 Å². The van der Waals surface area contributed by atoms with Crippen molar-refractivity contribution < 1.29 is 0 Å². The molecule has 3 aromatic carbocycles. The van der Waals surface area contributed by atoms with Crippen LogP contribution in [0.4, 0.5) is 5.82 Å². The number of fused-ring (bicyclic) bond motifs is 1. The van der Waals surface area contributed by atoms with Gasteiger partial charge in [-0.25, -0.2) is 19.9 Å². The summed E-state index contributed by atoms with van der Waals surface area (Å²) in [5, 5.41) is 5.34. The summed E-state index contributed by atoms with van der Waals surface area (Å²) in [6.07, 6.45) is 5.52. The topological polar surface area (TPSA) is 63.6 Å². The number of nitrogens with one attached hydrogen (secondary N) is 1. The number of anilines is 1. The summed E-state index contributed by atoms with van der Waals surface area (Å²) in [6, 6.07) is 29.2. The average Bonchev–Trinajstić information content (AvgIpc) is 2.90. The molecule has 0 aliphatic carbocycles. The first-order valence-electron chi connectivity index (χ1n) is 10.8. The van der Waals surface area contributed by atoms with E-state index in [1.807, 2.05) is 36.6 Å². The predicted molar refractivity (Wildman–Crippen MR) is 136 cm³/mol. The molecule has 5 rings (SSSR count). The van der Waals surface area contributed by atoms with Gasteiger partial charge in [0.25, 0.3) is 0 Å². The van der Waals surface area contributed by atoms with Crippen LogP contribution in [-0.2, 0) is 0 Å². The van der Waals surface area contributed by atoms with E-state index in [0.29, 0.717) is 12.4 Å². The Morgan fingerprint density at radius 1 is 0.758 bits per heavy atom. The molecule has 0 unspecified atom stereocenters. The summed E-state index contributed by atoms with van der Waals surface area (Å²) in [5.74, 6) is 1.61. The van der Waals surface area contributed by atoms with E-state index in [9.17, 15) is 0 Å². The van der Waals surface area contributed by atoms with E-state index in [-0.39, 0.29) is 5.92 Å². The molecule has 33 heavy (non-hydrogen) atoms. The number of thioether (sulfide) groups is 1. The Morgan fingerprint density at radius 2 is 1.36 bits per heavy atom. The second-order valence-corrected chi connectivity index (χ2v) is 8.40. The van der Waals surface area contributed by atoms with Gasteiger partial charge in [-0.2, -0.15) is 0 Å². The summed E-state index contributed by atoms with van der Waals surface area (Å²) < 4.78 is 0. The van der Waals surface area contributed by atoms with Gasteiger partial charge in [0.1, 0.15) is 5.82 Å². The van der Waals surface area contributed by atoms with Crippen LogP contribution in [0.5, 0.6) is 0 Å². The smallest absolute Gasteiger partial charge is 0.187 e. The molecule has 162 valence electrons. The first-order valence-corrected chi connectivity index (χ1v) is 12.0. The standard InChI is InChI=1S/C27H23N5S/c1-33-27-29-16-21(17-30-27)25-31-24-15-9-8-14-22(24)26(32-25)28-18-23(19-10-4-2-5-11-19)20-12-6-3-7-13-20/h2-17,23H,18H2,1H3,(H,28,31,32). The van der Waals surface area contributed by atoms with E-state index in [4.69, 9.17) is 9.97 Å². The Hall–Kier alpha value is -3.77. The van der Waals surface area contributed by atoms with Crippen molar-refractivity contribution in [1.29, 1.82) is 0 Å². The van der Waals surface area contributed by atoms with E-state index in [0.717, 1.165) is 27.4 Å². The molecule has 0 bridgehead atoms. The lowest BCUT2D eigenvalue weighted by Gasteiger charge is -2.20. The van der Waals surface area contributed by atoms with Crippen LogP contribution in [0.15, 0.2) is 102 Å². The zero-order valence-corrected chi connectivity index (χ0v) is 19.0. The molecule has 0 spiro atoms. The lowest BCUT2D eigenvalue weighted by molar-refractivity contribution is 0.849. The van der Waals surface area contributed by atoms with Crippen molar-refractivity contribution in [2.24, 2.45) is 0 Å². The molecule has 2 aromatic heterocycles. The minimum absolute atomic E-state index is 0.189. The van der Waals surface area contributed by atoms with Gasteiger partial charge in [0.2, 0.25) is 0 Å². The van der Waals surface area contributed by atoms with Crippen molar-refractivity contribution in [2.45, 2.75) is 11.1 Å². The van der Waals surface area contributed by atoms with Gasteiger partial charge in [0.05, 0.1) is 11.1 Å². The number of hydrogen-bond acceptors (Lipinski definition) is 6. The number of para-hydroxylation sites is 1. The van der Waals surface area contributed by atoms with Gasteiger partial charge in [-0.1, -0.05) is 84.6 Å². The molecule has 0 saturated heterocycles. The van der Waals surface area contributed by atoms with Crippen LogP contribution in [0.2, 0.25) is 0 Å². The highest BCUT2D eigenvalue weighted by Crippen LogP contribution is 2.28. The molecule has 5 aromatic rings. The molecule has 1 N–H and O–H groups in total. The summed E-state index contributed by atoms with van der Waals surface area (Å²) in [6.45, 7) is 0.705. The fraction of sp³-hybridized carbons (Fsp3) is 0.111. The Kier molecular flexibility index (Phi) is 6.26. The molecule has 6 heteroatoms. The van der Waals surface area contributed by atoms with Crippen LogP contribution in [0.25, 0.3) is 22.3 Å². The first-order chi connectivity index (χ1) is 16.3. The number of benzene rings is 3. The molecule has 0 atom stereocenters. The monoisotopic (exact) mass is 449 g/mol. The maximum absolute atomic E-state index is 4.88. The summed E-state index contributed by atoms with van der Waals surface area (Å²) >= 11 is 1.51. The zero-order chi connectivity index (χ0) is 22.5. The third-order valence-corrected chi connectivity index (χ3v) is 6.13. The molecule has 5 nitrogen and oxygen atoms in total. The summed E-state index contributed by atoms with van der Waals surface area (Å²) in [5.41, 5.74) is 4.20. The normalized spacial score (nSPS) is 11.1. The first kappa shape index (κ1) is 21.1. The van der Waals surface area contributed by atoms with Crippen LogP contribution in [0.3, 0.4) is 0 Å². The summed E-state index contributed by atoms with van der Waals surface area (Å²) in [7, 11) is 0. The van der Waals surface area contributed by atoms with Crippen LogP contribution < -0.4 is 5.32 Å². The van der Waals surface area contributed by atoms with Gasteiger partial charge < -0.3 is 5.32 Å². The fourth-order valence-electron chi connectivity index (χ4n) is 3.88. The van der Waals surface area contributed by atoms with Crippen molar-refractivity contribution in [1.82, 2.24) is 19.9 Å². The minimum Gasteiger partial charge on any atom is -0.368 e. The van der Waals surface area contributed by atoms with E-state index >= 15 is 0 Å². The molecule has 0 aliphatic heterocycles. The van der Waals surface area contributed by atoms with Crippen molar-refractivity contribution in [3.05, 3.63) is 108 Å². The fourth-order valence-corrected chi connectivity index (χ4v) is 4.19. The molecule has 0 fully saturated rings. The molecule has 0 aliphatic rings. The van der Waals surface area contributed by atoms with Crippen molar-refractivity contribution in [3.8, 4) is 11.4 Å². The minimum atomic E-state index is 0.189. The second-order valence-electron chi connectivity index (χ2n) is 7.63. The zero-order valence-electron chi connectivity index (χ0n) is 18.2. The Balaban J connectivity index is 1.52. The lowest BCUT2D eigenvalue weighted by atomic mass is 9.91. The van der Waals surface area contributed by atoms with Gasteiger partial charge >= 0.3 is 0 Å². The van der Waals surface area contributed by atoms with Crippen LogP contribution in [0.1, 0.15) is 17.0 Å². The molecule has 0 amide bonds. The molecular weight excluding hydrogens is 426 g/mol. The maximum atomic E-state index is 4.88. The van der Waals surface area contributed by atoms with Crippen LogP contribution >= 0.6 is 11.8 Å². The Bertz CT molecular complexity index is 1300. The third kappa shape index (κ3) is 4.71. The number of nitrogens with zero attached hydrogens (tertiary/aromatic N) is 4. The third-order valence-electron chi connectivity index (χ3n) is 5.55. The molecule has 0 radical (unpaired) electrons.